The van der Waals surface area contributed by atoms with Crippen molar-refractivity contribution in [2.75, 3.05) is 39.8 Å². The van der Waals surface area contributed by atoms with Gasteiger partial charge in [-0.25, -0.2) is 0 Å². The molecule has 1 aromatic rings. The summed E-state index contributed by atoms with van der Waals surface area (Å²) in [4.78, 5) is 9.31. The molecule has 1 aliphatic rings. The highest BCUT2D eigenvalue weighted by Gasteiger charge is 2.19. The second kappa shape index (κ2) is 7.20. The van der Waals surface area contributed by atoms with E-state index >= 15 is 0 Å². The zero-order valence-electron chi connectivity index (χ0n) is 13.6. The number of aliphatic hydroxyl groups is 1. The third-order valence-electron chi connectivity index (χ3n) is 4.11. The van der Waals surface area contributed by atoms with Crippen molar-refractivity contribution in [1.29, 1.82) is 0 Å². The van der Waals surface area contributed by atoms with Crippen LogP contribution in [0, 0.1) is 13.8 Å². The Morgan fingerprint density at radius 2 is 1.86 bits per heavy atom. The third-order valence-corrected chi connectivity index (χ3v) is 4.11. The number of hydrogen-bond acceptors (Lipinski definition) is 5. The van der Waals surface area contributed by atoms with E-state index in [1.165, 1.54) is 0 Å². The van der Waals surface area contributed by atoms with Gasteiger partial charge in [0.15, 0.2) is 0 Å². The molecule has 0 aliphatic carbocycles. The topological polar surface area (TPSA) is 48.8 Å². The van der Waals surface area contributed by atoms with Gasteiger partial charge in [-0.05, 0) is 20.8 Å². The van der Waals surface area contributed by atoms with Crippen LogP contribution < -0.4 is 4.74 Å². The molecule has 1 fully saturated rings. The Bertz CT molecular complexity index is 469. The van der Waals surface area contributed by atoms with Gasteiger partial charge in [-0.3, -0.25) is 14.8 Å². The molecule has 1 N–H and O–H groups in total. The number of nitrogens with zero attached hydrogens (tertiary/aromatic N) is 3. The van der Waals surface area contributed by atoms with Crippen LogP contribution in [0.25, 0.3) is 0 Å². The number of ether oxygens (including phenoxy) is 1. The van der Waals surface area contributed by atoms with Crippen LogP contribution in [0.1, 0.15) is 23.7 Å². The van der Waals surface area contributed by atoms with Crippen molar-refractivity contribution in [3.05, 3.63) is 23.0 Å². The van der Waals surface area contributed by atoms with E-state index in [1.807, 2.05) is 20.0 Å². The lowest BCUT2D eigenvalue weighted by Gasteiger charge is -2.35. The maximum absolute atomic E-state index is 9.45. The van der Waals surface area contributed by atoms with Gasteiger partial charge in [-0.2, -0.15) is 0 Å². The summed E-state index contributed by atoms with van der Waals surface area (Å²) in [5.41, 5.74) is 3.32. The number of pyridine rings is 1. The molecule has 0 aromatic carbocycles. The SMILES string of the molecule is COc1c(C)cnc(CN2CCN(C[C@@H](C)O)CC2)c1C. The lowest BCUT2D eigenvalue weighted by Crippen LogP contribution is -2.47. The number of rotatable bonds is 5. The van der Waals surface area contributed by atoms with E-state index in [4.69, 9.17) is 4.74 Å². The molecule has 1 aliphatic heterocycles. The monoisotopic (exact) mass is 293 g/mol. The van der Waals surface area contributed by atoms with Crippen molar-refractivity contribution in [2.24, 2.45) is 0 Å². The minimum absolute atomic E-state index is 0.248. The minimum atomic E-state index is -0.248. The lowest BCUT2D eigenvalue weighted by molar-refractivity contribution is 0.0775. The largest absolute Gasteiger partial charge is 0.496 e. The molecule has 0 unspecified atom stereocenters. The van der Waals surface area contributed by atoms with Crippen molar-refractivity contribution in [2.45, 2.75) is 33.4 Å². The van der Waals surface area contributed by atoms with E-state index in [1.54, 1.807) is 7.11 Å². The van der Waals surface area contributed by atoms with Crippen molar-refractivity contribution >= 4 is 0 Å². The third kappa shape index (κ3) is 4.15. The van der Waals surface area contributed by atoms with Gasteiger partial charge in [0.05, 0.1) is 18.9 Å². The Morgan fingerprint density at radius 3 is 2.43 bits per heavy atom. The normalized spacial score (nSPS) is 18.7. The fourth-order valence-electron chi connectivity index (χ4n) is 2.95. The molecule has 2 heterocycles. The number of piperazine rings is 1. The van der Waals surface area contributed by atoms with Crippen LogP contribution in [0.2, 0.25) is 0 Å². The number of β-amino-alcohol motifs (C(OH)–C–C–N with tert-alkyl or cyclic N) is 1. The van der Waals surface area contributed by atoms with Crippen LogP contribution in [0.5, 0.6) is 5.75 Å². The van der Waals surface area contributed by atoms with E-state index in [-0.39, 0.29) is 6.10 Å². The standard InChI is InChI=1S/C16H27N3O2/c1-12-9-17-15(14(3)16(12)21-4)11-19-7-5-18(6-8-19)10-13(2)20/h9,13,20H,5-8,10-11H2,1-4H3/t13-/m1/s1. The summed E-state index contributed by atoms with van der Waals surface area (Å²) in [7, 11) is 1.72. The first-order chi connectivity index (χ1) is 10.0. The molecule has 2 rings (SSSR count). The first-order valence-corrected chi connectivity index (χ1v) is 7.63. The predicted molar refractivity (Wildman–Crippen MR) is 83.7 cm³/mol. The molecule has 1 saturated heterocycles. The second-order valence-electron chi connectivity index (χ2n) is 5.97. The maximum atomic E-state index is 9.45. The van der Waals surface area contributed by atoms with Gasteiger partial charge in [-0.1, -0.05) is 0 Å². The van der Waals surface area contributed by atoms with Crippen LogP contribution in [0.3, 0.4) is 0 Å². The minimum Gasteiger partial charge on any atom is -0.496 e. The molecule has 0 spiro atoms. The fraction of sp³-hybridized carbons (Fsp3) is 0.688. The summed E-state index contributed by atoms with van der Waals surface area (Å²) >= 11 is 0. The van der Waals surface area contributed by atoms with Crippen molar-refractivity contribution in [3.63, 3.8) is 0 Å². The molecule has 5 heteroatoms. The molecule has 0 amide bonds. The van der Waals surface area contributed by atoms with Crippen LogP contribution >= 0.6 is 0 Å². The highest BCUT2D eigenvalue weighted by atomic mass is 16.5. The highest BCUT2D eigenvalue weighted by Crippen LogP contribution is 2.24. The van der Waals surface area contributed by atoms with E-state index in [2.05, 4.69) is 21.7 Å². The number of methoxy groups -OCH3 is 1. The number of hydrogen-bond donors (Lipinski definition) is 1. The van der Waals surface area contributed by atoms with E-state index in [9.17, 15) is 5.11 Å². The lowest BCUT2D eigenvalue weighted by atomic mass is 10.1. The maximum Gasteiger partial charge on any atom is 0.128 e. The number of aryl methyl sites for hydroxylation is 1. The van der Waals surface area contributed by atoms with Crippen molar-refractivity contribution < 1.29 is 9.84 Å². The average molecular weight is 293 g/mol. The molecule has 5 nitrogen and oxygen atoms in total. The molecule has 1 aromatic heterocycles. The van der Waals surface area contributed by atoms with Crippen molar-refractivity contribution in [1.82, 2.24) is 14.8 Å². The summed E-state index contributed by atoms with van der Waals surface area (Å²) in [5.74, 6) is 0.952. The Balaban J connectivity index is 1.95. The van der Waals surface area contributed by atoms with Gasteiger partial charge in [0, 0.05) is 56.6 Å². The highest BCUT2D eigenvalue weighted by molar-refractivity contribution is 5.41. The van der Waals surface area contributed by atoms with Crippen LogP contribution in [0.4, 0.5) is 0 Å². The van der Waals surface area contributed by atoms with Crippen LogP contribution in [0.15, 0.2) is 6.20 Å². The predicted octanol–water partition coefficient (Wildman–Crippen LogP) is 1.21. The Kier molecular flexibility index (Phi) is 5.56. The summed E-state index contributed by atoms with van der Waals surface area (Å²) in [6.07, 6.45) is 1.65. The van der Waals surface area contributed by atoms with E-state index in [0.29, 0.717) is 0 Å². The van der Waals surface area contributed by atoms with Crippen LogP contribution in [-0.4, -0.2) is 65.8 Å². The molecule has 0 radical (unpaired) electrons. The molecule has 118 valence electrons. The van der Waals surface area contributed by atoms with Crippen molar-refractivity contribution in [3.8, 4) is 5.75 Å². The molecule has 0 bridgehead atoms. The molecular formula is C16H27N3O2. The summed E-state index contributed by atoms with van der Waals surface area (Å²) in [6, 6.07) is 0. The molecule has 21 heavy (non-hydrogen) atoms. The Hall–Kier alpha value is -1.17. The quantitative estimate of drug-likeness (QED) is 0.884. The zero-order chi connectivity index (χ0) is 15.4. The zero-order valence-corrected chi connectivity index (χ0v) is 13.6. The first-order valence-electron chi connectivity index (χ1n) is 7.63. The average Bonchev–Trinajstić information content (AvgIpc) is 2.44. The molecule has 1 atom stereocenters. The van der Waals surface area contributed by atoms with E-state index < -0.39 is 0 Å². The molecule has 0 saturated carbocycles. The van der Waals surface area contributed by atoms with Gasteiger partial charge in [0.1, 0.15) is 5.75 Å². The van der Waals surface area contributed by atoms with Gasteiger partial charge < -0.3 is 9.84 Å². The second-order valence-corrected chi connectivity index (χ2v) is 5.97. The first kappa shape index (κ1) is 16.2. The smallest absolute Gasteiger partial charge is 0.128 e. The van der Waals surface area contributed by atoms with Gasteiger partial charge in [0.25, 0.3) is 0 Å². The summed E-state index contributed by atoms with van der Waals surface area (Å²) in [5, 5.41) is 9.45. The van der Waals surface area contributed by atoms with Crippen LogP contribution in [-0.2, 0) is 6.54 Å². The van der Waals surface area contributed by atoms with Gasteiger partial charge in [0.2, 0.25) is 0 Å². The summed E-state index contributed by atoms with van der Waals surface area (Å²) < 4.78 is 5.47. The van der Waals surface area contributed by atoms with Gasteiger partial charge in [-0.15, -0.1) is 0 Å². The Labute approximate surface area is 127 Å². The van der Waals surface area contributed by atoms with E-state index in [0.717, 1.165) is 61.8 Å². The molecular weight excluding hydrogens is 266 g/mol. The Morgan fingerprint density at radius 1 is 1.24 bits per heavy atom. The summed E-state index contributed by atoms with van der Waals surface area (Å²) in [6.45, 7) is 11.6. The number of aromatic nitrogens is 1. The van der Waals surface area contributed by atoms with Gasteiger partial charge >= 0.3 is 0 Å². The fourth-order valence-corrected chi connectivity index (χ4v) is 2.95. The number of aliphatic hydroxyl groups excluding tert-OH is 1.